The number of aromatic amines is 2. The van der Waals surface area contributed by atoms with E-state index in [-0.39, 0.29) is 35.3 Å². The second-order valence-electron chi connectivity index (χ2n) is 14.9. The summed E-state index contributed by atoms with van der Waals surface area (Å²) >= 11 is 0. The Kier molecular flexibility index (Phi) is 6.83. The van der Waals surface area contributed by atoms with Crippen LogP contribution in [0.4, 0.5) is 20.2 Å². The van der Waals surface area contributed by atoms with Crippen LogP contribution in [0.5, 0.6) is 0 Å². The highest BCUT2D eigenvalue weighted by Gasteiger charge is 2.40. The molecule has 0 aliphatic carbocycles. The highest BCUT2D eigenvalue weighted by atomic mass is 19.1. The van der Waals surface area contributed by atoms with E-state index in [4.69, 9.17) is 9.97 Å². The van der Waals surface area contributed by atoms with Gasteiger partial charge in [0.1, 0.15) is 17.3 Å². The first kappa shape index (κ1) is 29.1. The van der Waals surface area contributed by atoms with Crippen molar-refractivity contribution in [3.63, 3.8) is 0 Å². The maximum atomic E-state index is 15.9. The normalized spacial score (nSPS) is 25.8. The minimum absolute atomic E-state index is 0.0563. The number of anilines is 2. The SMILES string of the molecule is CC1(C)CN(c2c(F)cc(N3[C@@H](c4ccc5nc([C@@H]6CCCN6)[nH]c5c4)CC[C@@H]3c3ccc4nc([C@@H]5CCCN5)[nH]c4c3)cc2F)C1. The Hall–Kier alpha value is -4.02. The first-order chi connectivity index (χ1) is 22.8. The number of rotatable bonds is 6. The number of hydrogen-bond acceptors (Lipinski definition) is 6. The molecule has 0 spiro atoms. The molecule has 5 aromatic rings. The standard InChI is InChI=1S/C37H42F2N8/c1-37(2)19-46(20-37)34-24(38)17-23(18-25(34)39)47-32(21-7-9-26-30(15-21)44-35(42-26)28-5-3-13-40-28)11-12-33(47)22-8-10-27-31(16-22)45-36(43-27)29-6-4-14-41-29/h7-10,15-18,28-29,32-33,40-41H,3-6,11-14,19-20H2,1-2H3,(H,42,44)(H,43,45)/t28-,29-,32+,33+/m0/s1. The molecule has 244 valence electrons. The van der Waals surface area contributed by atoms with Crippen molar-refractivity contribution in [2.45, 2.75) is 76.5 Å². The molecule has 4 aliphatic heterocycles. The fourth-order valence-corrected chi connectivity index (χ4v) is 8.65. The molecule has 3 aromatic carbocycles. The average molecular weight is 637 g/mol. The largest absolute Gasteiger partial charge is 0.366 e. The quantitative estimate of drug-likeness (QED) is 0.155. The molecule has 4 atom stereocenters. The number of aromatic nitrogens is 4. The fourth-order valence-electron chi connectivity index (χ4n) is 8.65. The summed E-state index contributed by atoms with van der Waals surface area (Å²) in [5.74, 6) is 0.945. The Balaban J connectivity index is 1.10. The number of halogens is 2. The van der Waals surface area contributed by atoms with E-state index >= 15 is 8.78 Å². The molecule has 0 saturated carbocycles. The maximum Gasteiger partial charge on any atom is 0.151 e. The van der Waals surface area contributed by atoms with Crippen molar-refractivity contribution in [3.8, 4) is 0 Å². The first-order valence-electron chi connectivity index (χ1n) is 17.3. The third-order valence-corrected chi connectivity index (χ3v) is 10.8. The summed E-state index contributed by atoms with van der Waals surface area (Å²) in [5, 5.41) is 7.07. The van der Waals surface area contributed by atoms with Crippen molar-refractivity contribution >= 4 is 33.4 Å². The summed E-state index contributed by atoms with van der Waals surface area (Å²) in [5.41, 5.74) is 6.80. The van der Waals surface area contributed by atoms with Crippen LogP contribution in [0.15, 0.2) is 48.5 Å². The molecular weight excluding hydrogens is 594 g/mol. The lowest BCUT2D eigenvalue weighted by atomic mass is 9.84. The lowest BCUT2D eigenvalue weighted by Crippen LogP contribution is -2.53. The molecule has 0 bridgehead atoms. The zero-order valence-electron chi connectivity index (χ0n) is 27.0. The predicted molar refractivity (Wildman–Crippen MR) is 182 cm³/mol. The molecule has 2 aromatic heterocycles. The lowest BCUT2D eigenvalue weighted by molar-refractivity contribution is 0.271. The van der Waals surface area contributed by atoms with Gasteiger partial charge in [-0.1, -0.05) is 26.0 Å². The van der Waals surface area contributed by atoms with E-state index in [0.29, 0.717) is 18.8 Å². The van der Waals surface area contributed by atoms with Gasteiger partial charge in [-0.15, -0.1) is 0 Å². The third-order valence-electron chi connectivity index (χ3n) is 10.8. The van der Waals surface area contributed by atoms with Gasteiger partial charge in [-0.25, -0.2) is 18.7 Å². The number of benzene rings is 3. The molecule has 4 saturated heterocycles. The van der Waals surface area contributed by atoms with Crippen LogP contribution in [0.25, 0.3) is 22.1 Å². The number of hydrogen-bond donors (Lipinski definition) is 4. The third kappa shape index (κ3) is 5.08. The zero-order valence-corrected chi connectivity index (χ0v) is 27.0. The molecule has 0 radical (unpaired) electrons. The Morgan fingerprint density at radius 1 is 0.702 bits per heavy atom. The molecule has 0 unspecified atom stereocenters. The van der Waals surface area contributed by atoms with Crippen LogP contribution in [0.3, 0.4) is 0 Å². The second kappa shape index (κ2) is 11.0. The van der Waals surface area contributed by atoms with Crippen molar-refractivity contribution in [1.29, 1.82) is 0 Å². The molecular formula is C37H42F2N8. The van der Waals surface area contributed by atoms with E-state index in [9.17, 15) is 0 Å². The molecule has 9 rings (SSSR count). The van der Waals surface area contributed by atoms with Gasteiger partial charge >= 0.3 is 0 Å². The molecule has 0 amide bonds. The van der Waals surface area contributed by atoms with Gasteiger partial charge in [0.15, 0.2) is 11.6 Å². The summed E-state index contributed by atoms with van der Waals surface area (Å²) < 4.78 is 31.8. The van der Waals surface area contributed by atoms with Crippen LogP contribution < -0.4 is 20.4 Å². The minimum Gasteiger partial charge on any atom is -0.366 e. The number of nitrogens with zero attached hydrogens (tertiary/aromatic N) is 4. The Morgan fingerprint density at radius 3 is 1.66 bits per heavy atom. The van der Waals surface area contributed by atoms with Crippen LogP contribution in [-0.4, -0.2) is 46.1 Å². The van der Waals surface area contributed by atoms with E-state index in [1.165, 1.54) is 0 Å². The summed E-state index contributed by atoms with van der Waals surface area (Å²) in [6.07, 6.45) is 6.15. The number of fused-ring (bicyclic) bond motifs is 2. The smallest absolute Gasteiger partial charge is 0.151 e. The van der Waals surface area contributed by atoms with E-state index in [0.717, 1.165) is 96.5 Å². The lowest BCUT2D eigenvalue weighted by Gasteiger charge is -2.47. The molecule has 4 aliphatic rings. The number of H-pyrrole nitrogens is 2. The van der Waals surface area contributed by atoms with Gasteiger partial charge in [0.25, 0.3) is 0 Å². The summed E-state index contributed by atoms with van der Waals surface area (Å²) in [6.45, 7) is 7.55. The van der Waals surface area contributed by atoms with Crippen LogP contribution in [-0.2, 0) is 0 Å². The van der Waals surface area contributed by atoms with Crippen molar-refractivity contribution < 1.29 is 8.78 Å². The van der Waals surface area contributed by atoms with Gasteiger partial charge in [-0.2, -0.15) is 0 Å². The summed E-state index contributed by atoms with van der Waals surface area (Å²) in [7, 11) is 0. The van der Waals surface area contributed by atoms with Crippen LogP contribution in [0.1, 0.15) is 99.3 Å². The van der Waals surface area contributed by atoms with E-state index in [1.807, 2.05) is 4.90 Å². The predicted octanol–water partition coefficient (Wildman–Crippen LogP) is 7.50. The van der Waals surface area contributed by atoms with E-state index in [2.05, 4.69) is 75.7 Å². The molecule has 6 heterocycles. The highest BCUT2D eigenvalue weighted by Crippen LogP contribution is 2.49. The number of nitrogens with one attached hydrogen (secondary N) is 4. The topological polar surface area (TPSA) is 87.9 Å². The summed E-state index contributed by atoms with van der Waals surface area (Å²) in [4.78, 5) is 21.0. The minimum atomic E-state index is -0.504. The molecule has 4 N–H and O–H groups in total. The van der Waals surface area contributed by atoms with Crippen molar-refractivity contribution in [3.05, 3.63) is 82.9 Å². The van der Waals surface area contributed by atoms with Crippen LogP contribution >= 0.6 is 0 Å². The van der Waals surface area contributed by atoms with E-state index < -0.39 is 11.6 Å². The van der Waals surface area contributed by atoms with Gasteiger partial charge in [-0.05, 0) is 105 Å². The molecule has 4 fully saturated rings. The van der Waals surface area contributed by atoms with Gasteiger partial charge in [0.2, 0.25) is 0 Å². The van der Waals surface area contributed by atoms with Gasteiger partial charge < -0.3 is 30.4 Å². The van der Waals surface area contributed by atoms with Crippen molar-refractivity contribution in [2.75, 3.05) is 36.0 Å². The average Bonchev–Trinajstić information content (AvgIpc) is 3.87. The molecule has 47 heavy (non-hydrogen) atoms. The van der Waals surface area contributed by atoms with Gasteiger partial charge in [-0.3, -0.25) is 0 Å². The van der Waals surface area contributed by atoms with Crippen molar-refractivity contribution in [1.82, 2.24) is 30.6 Å². The van der Waals surface area contributed by atoms with Crippen LogP contribution in [0.2, 0.25) is 0 Å². The molecule has 10 heteroatoms. The highest BCUT2D eigenvalue weighted by molar-refractivity contribution is 5.78. The van der Waals surface area contributed by atoms with Gasteiger partial charge in [0.05, 0.1) is 46.2 Å². The summed E-state index contributed by atoms with van der Waals surface area (Å²) in [6, 6.07) is 16.3. The monoisotopic (exact) mass is 636 g/mol. The Bertz CT molecular complexity index is 1830. The Morgan fingerprint density at radius 2 is 1.21 bits per heavy atom. The van der Waals surface area contributed by atoms with Crippen LogP contribution in [0, 0.1) is 17.0 Å². The van der Waals surface area contributed by atoms with Crippen molar-refractivity contribution in [2.24, 2.45) is 5.41 Å². The van der Waals surface area contributed by atoms with Gasteiger partial charge in [0, 0.05) is 18.8 Å². The Labute approximate surface area is 273 Å². The first-order valence-corrected chi connectivity index (χ1v) is 17.3. The fraction of sp³-hybridized carbons (Fsp3) is 0.459. The second-order valence-corrected chi connectivity index (χ2v) is 14.9. The number of imidazole rings is 2. The van der Waals surface area contributed by atoms with E-state index in [1.54, 1.807) is 12.1 Å². The molecule has 8 nitrogen and oxygen atoms in total. The zero-order chi connectivity index (χ0) is 31.9. The maximum absolute atomic E-state index is 15.9.